The van der Waals surface area contributed by atoms with Crippen molar-refractivity contribution in [1.29, 1.82) is 0 Å². The number of para-hydroxylation sites is 1. The zero-order chi connectivity index (χ0) is 13.0. The molecule has 5 heteroatoms. The van der Waals surface area contributed by atoms with E-state index in [9.17, 15) is 4.39 Å². The molecule has 0 radical (unpaired) electrons. The number of rotatable bonds is 2. The maximum atomic E-state index is 13.3. The summed E-state index contributed by atoms with van der Waals surface area (Å²) in [4.78, 5) is 0. The highest BCUT2D eigenvalue weighted by Gasteiger charge is 2.02. The average Bonchev–Trinajstić information content (AvgIpc) is 2.35. The third-order valence-corrected chi connectivity index (χ3v) is 3.06. The van der Waals surface area contributed by atoms with Gasteiger partial charge in [-0.05, 0) is 58.5 Å². The Hall–Kier alpha value is -1.46. The molecule has 18 heavy (non-hydrogen) atoms. The van der Waals surface area contributed by atoms with Crippen LogP contribution in [-0.4, -0.2) is 5.11 Å². The second kappa shape index (κ2) is 5.93. The van der Waals surface area contributed by atoms with Gasteiger partial charge in [0.15, 0.2) is 5.11 Å². The smallest absolute Gasteiger partial charge is 0.175 e. The SMILES string of the molecule is Fc1cc(NC(=S)Nc2ccccc2)ccc1Br. The third-order valence-electron chi connectivity index (χ3n) is 2.21. The van der Waals surface area contributed by atoms with Crippen molar-refractivity contribution in [2.75, 3.05) is 10.6 Å². The van der Waals surface area contributed by atoms with Gasteiger partial charge in [-0.15, -0.1) is 0 Å². The molecule has 0 aromatic heterocycles. The first-order valence-electron chi connectivity index (χ1n) is 5.23. The van der Waals surface area contributed by atoms with Crippen molar-refractivity contribution in [2.24, 2.45) is 0 Å². The normalized spacial score (nSPS) is 9.89. The van der Waals surface area contributed by atoms with Crippen molar-refractivity contribution in [1.82, 2.24) is 0 Å². The Kier molecular flexibility index (Phi) is 4.28. The molecule has 0 heterocycles. The topological polar surface area (TPSA) is 24.1 Å². The lowest BCUT2D eigenvalue weighted by Gasteiger charge is -2.10. The van der Waals surface area contributed by atoms with Crippen molar-refractivity contribution >= 4 is 44.6 Å². The molecule has 0 amide bonds. The van der Waals surface area contributed by atoms with E-state index < -0.39 is 0 Å². The summed E-state index contributed by atoms with van der Waals surface area (Å²) in [6.45, 7) is 0. The molecule has 2 N–H and O–H groups in total. The molecular weight excluding hydrogens is 315 g/mol. The molecule has 2 rings (SSSR count). The highest BCUT2D eigenvalue weighted by molar-refractivity contribution is 9.10. The highest BCUT2D eigenvalue weighted by atomic mass is 79.9. The molecule has 0 unspecified atom stereocenters. The summed E-state index contributed by atoms with van der Waals surface area (Å²) < 4.78 is 13.7. The van der Waals surface area contributed by atoms with Crippen molar-refractivity contribution in [3.8, 4) is 0 Å². The number of hydrogen-bond acceptors (Lipinski definition) is 1. The lowest BCUT2D eigenvalue weighted by molar-refractivity contribution is 0.622. The van der Waals surface area contributed by atoms with Crippen LogP contribution in [0.3, 0.4) is 0 Å². The molecule has 0 spiro atoms. The van der Waals surface area contributed by atoms with Crippen LogP contribution in [0.2, 0.25) is 0 Å². The molecule has 0 aliphatic rings. The second-order valence-electron chi connectivity index (χ2n) is 3.57. The molecule has 2 nitrogen and oxygen atoms in total. The first kappa shape index (κ1) is 13.0. The largest absolute Gasteiger partial charge is 0.332 e. The molecule has 0 fully saturated rings. The van der Waals surface area contributed by atoms with Gasteiger partial charge in [-0.1, -0.05) is 18.2 Å². The van der Waals surface area contributed by atoms with Gasteiger partial charge in [-0.25, -0.2) is 4.39 Å². The number of benzene rings is 2. The number of hydrogen-bond donors (Lipinski definition) is 2. The summed E-state index contributed by atoms with van der Waals surface area (Å²) in [5.74, 6) is -0.331. The molecule has 0 aliphatic heterocycles. The number of anilines is 2. The number of nitrogens with one attached hydrogen (secondary N) is 2. The number of halogens is 2. The van der Waals surface area contributed by atoms with Crippen LogP contribution in [0.25, 0.3) is 0 Å². The fourth-order valence-corrected chi connectivity index (χ4v) is 1.87. The van der Waals surface area contributed by atoms with Gasteiger partial charge in [0.1, 0.15) is 5.82 Å². The Balaban J connectivity index is 2.01. The maximum Gasteiger partial charge on any atom is 0.175 e. The van der Waals surface area contributed by atoms with Crippen LogP contribution in [0.4, 0.5) is 15.8 Å². The molecule has 0 bridgehead atoms. The Morgan fingerprint density at radius 2 is 1.67 bits per heavy atom. The average molecular weight is 325 g/mol. The van der Waals surface area contributed by atoms with Gasteiger partial charge in [0.2, 0.25) is 0 Å². The predicted octanol–water partition coefficient (Wildman–Crippen LogP) is 4.40. The highest BCUT2D eigenvalue weighted by Crippen LogP contribution is 2.19. The lowest BCUT2D eigenvalue weighted by Crippen LogP contribution is -2.19. The molecule has 2 aromatic carbocycles. The summed E-state index contributed by atoms with van der Waals surface area (Å²) in [6.07, 6.45) is 0. The zero-order valence-corrected chi connectivity index (χ0v) is 11.7. The fraction of sp³-hybridized carbons (Fsp3) is 0. The van der Waals surface area contributed by atoms with Gasteiger partial charge in [0.25, 0.3) is 0 Å². The monoisotopic (exact) mass is 324 g/mol. The van der Waals surface area contributed by atoms with Gasteiger partial charge < -0.3 is 10.6 Å². The summed E-state index contributed by atoms with van der Waals surface area (Å²) >= 11 is 8.24. The van der Waals surface area contributed by atoms with E-state index in [1.807, 2.05) is 30.3 Å². The van der Waals surface area contributed by atoms with Gasteiger partial charge in [0.05, 0.1) is 4.47 Å². The minimum Gasteiger partial charge on any atom is -0.332 e. The van der Waals surface area contributed by atoms with Crippen LogP contribution in [0.1, 0.15) is 0 Å². The molecule has 2 aromatic rings. The zero-order valence-electron chi connectivity index (χ0n) is 9.28. The molecule has 0 aliphatic carbocycles. The Morgan fingerprint density at radius 1 is 1.00 bits per heavy atom. The summed E-state index contributed by atoms with van der Waals surface area (Å²) in [5, 5.41) is 6.35. The molecule has 0 saturated carbocycles. The lowest BCUT2D eigenvalue weighted by atomic mass is 10.3. The Labute approximate surface area is 118 Å². The van der Waals surface area contributed by atoms with E-state index in [0.29, 0.717) is 15.3 Å². The van der Waals surface area contributed by atoms with Gasteiger partial charge >= 0.3 is 0 Å². The summed E-state index contributed by atoms with van der Waals surface area (Å²) in [6, 6.07) is 14.3. The first-order valence-corrected chi connectivity index (χ1v) is 6.43. The van der Waals surface area contributed by atoms with E-state index in [0.717, 1.165) is 5.69 Å². The summed E-state index contributed by atoms with van der Waals surface area (Å²) in [7, 11) is 0. The van der Waals surface area contributed by atoms with E-state index in [1.54, 1.807) is 12.1 Å². The third kappa shape index (κ3) is 3.51. The summed E-state index contributed by atoms with van der Waals surface area (Å²) in [5.41, 5.74) is 1.48. The van der Waals surface area contributed by atoms with Crippen LogP contribution < -0.4 is 10.6 Å². The molecular formula is C13H10BrFN2S. The van der Waals surface area contributed by atoms with E-state index in [4.69, 9.17) is 12.2 Å². The molecule has 0 atom stereocenters. The van der Waals surface area contributed by atoms with Gasteiger partial charge in [-0.2, -0.15) is 0 Å². The van der Waals surface area contributed by atoms with Crippen molar-refractivity contribution in [2.45, 2.75) is 0 Å². The first-order chi connectivity index (χ1) is 8.65. The minimum absolute atomic E-state index is 0.331. The minimum atomic E-state index is -0.331. The van der Waals surface area contributed by atoms with Gasteiger partial charge in [-0.3, -0.25) is 0 Å². The predicted molar refractivity (Wildman–Crippen MR) is 80.4 cm³/mol. The quantitative estimate of drug-likeness (QED) is 0.801. The van der Waals surface area contributed by atoms with Crippen molar-refractivity contribution in [3.63, 3.8) is 0 Å². The standard InChI is InChI=1S/C13H10BrFN2S/c14-11-7-6-10(8-12(11)15)17-13(18)16-9-4-2-1-3-5-9/h1-8H,(H2,16,17,18). The van der Waals surface area contributed by atoms with Crippen LogP contribution in [0, 0.1) is 5.82 Å². The van der Waals surface area contributed by atoms with E-state index in [-0.39, 0.29) is 5.82 Å². The van der Waals surface area contributed by atoms with E-state index in [2.05, 4.69) is 26.6 Å². The molecule has 92 valence electrons. The molecule has 0 saturated heterocycles. The van der Waals surface area contributed by atoms with E-state index in [1.165, 1.54) is 6.07 Å². The number of thiocarbonyl (C=S) groups is 1. The Morgan fingerprint density at radius 3 is 2.33 bits per heavy atom. The fourth-order valence-electron chi connectivity index (χ4n) is 1.39. The van der Waals surface area contributed by atoms with E-state index >= 15 is 0 Å². The Bertz CT molecular complexity index is 560. The van der Waals surface area contributed by atoms with Crippen LogP contribution in [-0.2, 0) is 0 Å². The van der Waals surface area contributed by atoms with Crippen LogP contribution >= 0.6 is 28.1 Å². The van der Waals surface area contributed by atoms with Gasteiger partial charge in [0, 0.05) is 11.4 Å². The maximum absolute atomic E-state index is 13.3. The van der Waals surface area contributed by atoms with Crippen molar-refractivity contribution in [3.05, 3.63) is 58.8 Å². The van der Waals surface area contributed by atoms with Crippen molar-refractivity contribution < 1.29 is 4.39 Å². The van der Waals surface area contributed by atoms with Crippen LogP contribution in [0.5, 0.6) is 0 Å². The van der Waals surface area contributed by atoms with Crippen LogP contribution in [0.15, 0.2) is 53.0 Å². The second-order valence-corrected chi connectivity index (χ2v) is 4.84.